The standard InChI is InChI=1S/C18H14ClN3OS3/c1-9-5-10(2)16-14(6-9)25-17(22-16)21-15(23)8-24-18-20-12-7-11(19)3-4-13(12)26-18/h3-7H,8H2,1-2H3,(H,21,22,23). The Morgan fingerprint density at radius 1 is 1.15 bits per heavy atom. The summed E-state index contributed by atoms with van der Waals surface area (Å²) in [4.78, 5) is 21.3. The first-order chi connectivity index (χ1) is 12.5. The third-order valence-corrected chi connectivity index (χ3v) is 7.07. The zero-order valence-corrected chi connectivity index (χ0v) is 17.2. The van der Waals surface area contributed by atoms with Crippen molar-refractivity contribution < 1.29 is 4.79 Å². The average molecular weight is 420 g/mol. The van der Waals surface area contributed by atoms with Gasteiger partial charge in [-0.05, 0) is 49.2 Å². The summed E-state index contributed by atoms with van der Waals surface area (Å²) in [6.45, 7) is 4.10. The molecule has 2 aromatic heterocycles. The maximum Gasteiger partial charge on any atom is 0.236 e. The van der Waals surface area contributed by atoms with Gasteiger partial charge in [-0.25, -0.2) is 9.97 Å². The van der Waals surface area contributed by atoms with E-state index in [9.17, 15) is 4.79 Å². The monoisotopic (exact) mass is 419 g/mol. The molecule has 4 aromatic rings. The summed E-state index contributed by atoms with van der Waals surface area (Å²) in [6, 6.07) is 9.83. The van der Waals surface area contributed by atoms with Crippen LogP contribution in [0.2, 0.25) is 5.02 Å². The molecule has 4 nitrogen and oxygen atoms in total. The molecule has 1 amide bonds. The highest BCUT2D eigenvalue weighted by Gasteiger charge is 2.12. The summed E-state index contributed by atoms with van der Waals surface area (Å²) in [6.07, 6.45) is 0. The Hall–Kier alpha value is -1.67. The van der Waals surface area contributed by atoms with Gasteiger partial charge >= 0.3 is 0 Å². The molecule has 132 valence electrons. The van der Waals surface area contributed by atoms with Crippen LogP contribution in [-0.2, 0) is 4.79 Å². The van der Waals surface area contributed by atoms with Crippen molar-refractivity contribution in [3.8, 4) is 0 Å². The third-order valence-electron chi connectivity index (χ3n) is 3.73. The number of anilines is 1. The lowest BCUT2D eigenvalue weighted by Crippen LogP contribution is -2.13. The number of rotatable bonds is 4. The number of hydrogen-bond donors (Lipinski definition) is 1. The van der Waals surface area contributed by atoms with Gasteiger partial charge < -0.3 is 5.32 Å². The molecule has 0 bridgehead atoms. The fourth-order valence-corrected chi connectivity index (χ4v) is 5.72. The van der Waals surface area contributed by atoms with Crippen LogP contribution < -0.4 is 5.32 Å². The molecule has 0 saturated heterocycles. The van der Waals surface area contributed by atoms with E-state index in [0.29, 0.717) is 15.9 Å². The van der Waals surface area contributed by atoms with Gasteiger partial charge in [0.1, 0.15) is 0 Å². The molecule has 0 aliphatic heterocycles. The van der Waals surface area contributed by atoms with Gasteiger partial charge in [0.15, 0.2) is 9.47 Å². The van der Waals surface area contributed by atoms with Crippen LogP contribution in [0.25, 0.3) is 20.4 Å². The van der Waals surface area contributed by atoms with Crippen molar-refractivity contribution in [3.63, 3.8) is 0 Å². The van der Waals surface area contributed by atoms with Gasteiger partial charge in [0.2, 0.25) is 5.91 Å². The van der Waals surface area contributed by atoms with Gasteiger partial charge in [0.05, 0.1) is 26.2 Å². The highest BCUT2D eigenvalue weighted by atomic mass is 35.5. The van der Waals surface area contributed by atoms with Crippen molar-refractivity contribution in [2.45, 2.75) is 18.2 Å². The molecule has 2 aromatic carbocycles. The number of amides is 1. The van der Waals surface area contributed by atoms with Gasteiger partial charge in [-0.15, -0.1) is 11.3 Å². The summed E-state index contributed by atoms with van der Waals surface area (Å²) in [5.41, 5.74) is 4.14. The fraction of sp³-hybridized carbons (Fsp3) is 0.167. The average Bonchev–Trinajstić information content (AvgIpc) is 3.15. The van der Waals surface area contributed by atoms with Crippen LogP contribution >= 0.6 is 46.0 Å². The van der Waals surface area contributed by atoms with Crippen LogP contribution in [0.1, 0.15) is 11.1 Å². The Morgan fingerprint density at radius 3 is 2.85 bits per heavy atom. The lowest BCUT2D eigenvalue weighted by molar-refractivity contribution is -0.113. The number of nitrogens with one attached hydrogen (secondary N) is 1. The second kappa shape index (κ2) is 7.15. The van der Waals surface area contributed by atoms with E-state index in [4.69, 9.17) is 11.6 Å². The molecular formula is C18H14ClN3OS3. The van der Waals surface area contributed by atoms with Crippen molar-refractivity contribution in [1.82, 2.24) is 9.97 Å². The van der Waals surface area contributed by atoms with Crippen molar-refractivity contribution in [2.24, 2.45) is 0 Å². The number of carbonyl (C=O) groups excluding carboxylic acids is 1. The van der Waals surface area contributed by atoms with Crippen LogP contribution in [0.5, 0.6) is 0 Å². The van der Waals surface area contributed by atoms with Crippen LogP contribution in [0, 0.1) is 13.8 Å². The summed E-state index contributed by atoms with van der Waals surface area (Å²) in [7, 11) is 0. The second-order valence-corrected chi connectivity index (χ2v) is 9.60. The molecule has 0 fully saturated rings. The molecule has 8 heteroatoms. The number of fused-ring (bicyclic) bond motifs is 2. The normalized spacial score (nSPS) is 11.3. The predicted octanol–water partition coefficient (Wildman–Crippen LogP) is 5.91. The number of hydrogen-bond acceptors (Lipinski definition) is 6. The van der Waals surface area contributed by atoms with E-state index < -0.39 is 0 Å². The minimum absolute atomic E-state index is 0.0827. The van der Waals surface area contributed by atoms with Crippen molar-refractivity contribution in [3.05, 3.63) is 46.5 Å². The van der Waals surface area contributed by atoms with E-state index in [1.807, 2.05) is 25.1 Å². The van der Waals surface area contributed by atoms with E-state index in [0.717, 1.165) is 30.3 Å². The van der Waals surface area contributed by atoms with Gasteiger partial charge in [0, 0.05) is 5.02 Å². The molecule has 26 heavy (non-hydrogen) atoms. The largest absolute Gasteiger partial charge is 0.301 e. The third kappa shape index (κ3) is 3.71. The summed E-state index contributed by atoms with van der Waals surface area (Å²) in [5.74, 6) is 0.210. The van der Waals surface area contributed by atoms with E-state index in [2.05, 4.69) is 34.3 Å². The van der Waals surface area contributed by atoms with Gasteiger partial charge in [-0.1, -0.05) is 40.8 Å². The maximum atomic E-state index is 12.3. The number of thiazole rings is 2. The summed E-state index contributed by atoms with van der Waals surface area (Å²) < 4.78 is 3.01. The van der Waals surface area contributed by atoms with E-state index in [1.54, 1.807) is 11.3 Å². The van der Waals surface area contributed by atoms with Gasteiger partial charge in [-0.3, -0.25) is 4.79 Å². The predicted molar refractivity (Wildman–Crippen MR) is 113 cm³/mol. The minimum atomic E-state index is -0.0827. The SMILES string of the molecule is Cc1cc(C)c2nc(NC(=O)CSc3nc4cc(Cl)ccc4s3)sc2c1. The Bertz CT molecular complexity index is 1140. The van der Waals surface area contributed by atoms with Crippen LogP contribution in [0.15, 0.2) is 34.7 Å². The summed E-state index contributed by atoms with van der Waals surface area (Å²) in [5, 5.41) is 4.19. The number of thioether (sulfide) groups is 1. The zero-order valence-electron chi connectivity index (χ0n) is 14.0. The Morgan fingerprint density at radius 2 is 2.00 bits per heavy atom. The molecule has 0 aliphatic carbocycles. The zero-order chi connectivity index (χ0) is 18.3. The van der Waals surface area contributed by atoms with Crippen LogP contribution in [0.3, 0.4) is 0 Å². The topological polar surface area (TPSA) is 54.9 Å². The Kier molecular flexibility index (Phi) is 4.88. The molecule has 0 atom stereocenters. The molecule has 0 unspecified atom stereocenters. The van der Waals surface area contributed by atoms with E-state index in [1.165, 1.54) is 28.7 Å². The highest BCUT2D eigenvalue weighted by Crippen LogP contribution is 2.32. The number of nitrogens with zero attached hydrogens (tertiary/aromatic N) is 2. The van der Waals surface area contributed by atoms with Gasteiger partial charge in [-0.2, -0.15) is 0 Å². The molecule has 0 spiro atoms. The quantitative estimate of drug-likeness (QED) is 0.418. The minimum Gasteiger partial charge on any atom is -0.301 e. The molecule has 2 heterocycles. The number of aromatic nitrogens is 2. The first kappa shape index (κ1) is 17.7. The lowest BCUT2D eigenvalue weighted by atomic mass is 10.1. The number of benzene rings is 2. The molecule has 4 rings (SSSR count). The molecular weight excluding hydrogens is 406 g/mol. The van der Waals surface area contributed by atoms with Crippen molar-refractivity contribution in [1.29, 1.82) is 0 Å². The number of carbonyl (C=O) groups is 1. The van der Waals surface area contributed by atoms with E-state index >= 15 is 0 Å². The van der Waals surface area contributed by atoms with Crippen LogP contribution in [0.4, 0.5) is 5.13 Å². The fourth-order valence-electron chi connectivity index (χ4n) is 2.65. The summed E-state index contributed by atoms with van der Waals surface area (Å²) >= 11 is 10.5. The Labute approximate surface area is 167 Å². The van der Waals surface area contributed by atoms with Crippen molar-refractivity contribution in [2.75, 3.05) is 11.1 Å². The van der Waals surface area contributed by atoms with Crippen LogP contribution in [-0.4, -0.2) is 21.6 Å². The van der Waals surface area contributed by atoms with Gasteiger partial charge in [0.25, 0.3) is 0 Å². The lowest BCUT2D eigenvalue weighted by Gasteiger charge is -1.99. The number of halogens is 1. The smallest absolute Gasteiger partial charge is 0.236 e. The molecule has 1 N–H and O–H groups in total. The molecule has 0 saturated carbocycles. The molecule has 0 aliphatic rings. The van der Waals surface area contributed by atoms with E-state index in [-0.39, 0.29) is 5.91 Å². The Balaban J connectivity index is 1.44. The maximum absolute atomic E-state index is 12.3. The first-order valence-corrected chi connectivity index (χ1v) is 10.8. The highest BCUT2D eigenvalue weighted by molar-refractivity contribution is 8.01. The number of aryl methyl sites for hydroxylation is 2. The molecule has 0 radical (unpaired) electrons. The second-order valence-electron chi connectivity index (χ2n) is 5.88. The van der Waals surface area contributed by atoms with Crippen molar-refractivity contribution >= 4 is 77.5 Å². The first-order valence-electron chi connectivity index (χ1n) is 7.84.